The summed E-state index contributed by atoms with van der Waals surface area (Å²) < 4.78 is 0. The fourth-order valence-electron chi connectivity index (χ4n) is 2.05. The average Bonchev–Trinajstić information content (AvgIpc) is 2.38. The third kappa shape index (κ3) is 4.12. The SMILES string of the molecule is CCCCN(CCCC)c1cccc(N)c1[N+](=O)[O-]. The summed E-state index contributed by atoms with van der Waals surface area (Å²) in [7, 11) is 0. The van der Waals surface area contributed by atoms with Crippen molar-refractivity contribution in [3.05, 3.63) is 28.3 Å². The van der Waals surface area contributed by atoms with E-state index in [1.807, 2.05) is 0 Å². The van der Waals surface area contributed by atoms with Crippen molar-refractivity contribution < 1.29 is 4.92 Å². The van der Waals surface area contributed by atoms with E-state index in [0.29, 0.717) is 5.69 Å². The molecule has 1 rings (SSSR count). The number of nitro groups is 1. The Hall–Kier alpha value is -1.78. The molecule has 0 atom stereocenters. The monoisotopic (exact) mass is 265 g/mol. The Labute approximate surface area is 114 Å². The van der Waals surface area contributed by atoms with Crippen LogP contribution < -0.4 is 10.6 Å². The van der Waals surface area contributed by atoms with E-state index in [-0.39, 0.29) is 16.3 Å². The van der Waals surface area contributed by atoms with Crippen LogP contribution in [0.1, 0.15) is 39.5 Å². The second kappa shape index (κ2) is 7.61. The zero-order valence-corrected chi connectivity index (χ0v) is 11.8. The highest BCUT2D eigenvalue weighted by molar-refractivity contribution is 5.75. The number of hydrogen-bond donors (Lipinski definition) is 1. The summed E-state index contributed by atoms with van der Waals surface area (Å²) in [4.78, 5) is 12.9. The van der Waals surface area contributed by atoms with Gasteiger partial charge in [0.05, 0.1) is 4.92 Å². The second-order valence-electron chi connectivity index (χ2n) is 4.67. The van der Waals surface area contributed by atoms with Crippen molar-refractivity contribution in [2.75, 3.05) is 23.7 Å². The first-order valence-electron chi connectivity index (χ1n) is 6.89. The molecule has 19 heavy (non-hydrogen) atoms. The molecule has 0 aromatic heterocycles. The first-order chi connectivity index (χ1) is 9.11. The van der Waals surface area contributed by atoms with Crippen molar-refractivity contribution in [3.8, 4) is 0 Å². The van der Waals surface area contributed by atoms with E-state index in [1.54, 1.807) is 18.2 Å². The van der Waals surface area contributed by atoms with Gasteiger partial charge in [-0.15, -0.1) is 0 Å². The van der Waals surface area contributed by atoms with Gasteiger partial charge < -0.3 is 10.6 Å². The highest BCUT2D eigenvalue weighted by Gasteiger charge is 2.21. The van der Waals surface area contributed by atoms with Crippen LogP contribution in [-0.2, 0) is 0 Å². The van der Waals surface area contributed by atoms with Gasteiger partial charge in [-0.1, -0.05) is 32.8 Å². The molecule has 0 bridgehead atoms. The molecule has 2 N–H and O–H groups in total. The summed E-state index contributed by atoms with van der Waals surface area (Å²) in [6, 6.07) is 5.15. The van der Waals surface area contributed by atoms with Crippen LogP contribution in [0.2, 0.25) is 0 Å². The summed E-state index contributed by atoms with van der Waals surface area (Å²) in [5.74, 6) is 0. The Bertz CT molecular complexity index is 413. The number of nitrogens with two attached hydrogens (primary N) is 1. The maximum atomic E-state index is 11.2. The molecular weight excluding hydrogens is 242 g/mol. The van der Waals surface area contributed by atoms with Crippen molar-refractivity contribution in [2.45, 2.75) is 39.5 Å². The van der Waals surface area contributed by atoms with E-state index >= 15 is 0 Å². The maximum absolute atomic E-state index is 11.2. The van der Waals surface area contributed by atoms with Crippen LogP contribution in [0.25, 0.3) is 0 Å². The molecule has 0 heterocycles. The van der Waals surface area contributed by atoms with E-state index in [0.717, 1.165) is 38.8 Å². The molecular formula is C14H23N3O2. The van der Waals surface area contributed by atoms with Crippen LogP contribution in [0.15, 0.2) is 18.2 Å². The molecule has 106 valence electrons. The van der Waals surface area contributed by atoms with Gasteiger partial charge in [-0.3, -0.25) is 10.1 Å². The zero-order valence-electron chi connectivity index (χ0n) is 11.8. The second-order valence-corrected chi connectivity index (χ2v) is 4.67. The maximum Gasteiger partial charge on any atom is 0.315 e. The fraction of sp³-hybridized carbons (Fsp3) is 0.571. The molecule has 5 heteroatoms. The van der Waals surface area contributed by atoms with Crippen LogP contribution in [0.5, 0.6) is 0 Å². The average molecular weight is 265 g/mol. The van der Waals surface area contributed by atoms with Crippen molar-refractivity contribution in [3.63, 3.8) is 0 Å². The minimum absolute atomic E-state index is 0.0368. The van der Waals surface area contributed by atoms with Crippen molar-refractivity contribution in [1.82, 2.24) is 0 Å². The number of nitrogens with zero attached hydrogens (tertiary/aromatic N) is 2. The van der Waals surface area contributed by atoms with Gasteiger partial charge in [0.1, 0.15) is 11.4 Å². The van der Waals surface area contributed by atoms with Gasteiger partial charge in [-0.2, -0.15) is 0 Å². The highest BCUT2D eigenvalue weighted by Crippen LogP contribution is 2.33. The number of benzene rings is 1. The Morgan fingerprint density at radius 2 is 1.79 bits per heavy atom. The van der Waals surface area contributed by atoms with Crippen LogP contribution in [0, 0.1) is 10.1 Å². The number of unbranched alkanes of at least 4 members (excludes halogenated alkanes) is 2. The van der Waals surface area contributed by atoms with E-state index in [2.05, 4.69) is 18.7 Å². The molecule has 0 aliphatic heterocycles. The van der Waals surface area contributed by atoms with Gasteiger partial charge in [0, 0.05) is 13.1 Å². The van der Waals surface area contributed by atoms with Crippen LogP contribution in [0.3, 0.4) is 0 Å². The minimum atomic E-state index is -0.379. The Balaban J connectivity index is 3.06. The van der Waals surface area contributed by atoms with Crippen molar-refractivity contribution in [1.29, 1.82) is 0 Å². The van der Waals surface area contributed by atoms with Crippen molar-refractivity contribution in [2.24, 2.45) is 0 Å². The van der Waals surface area contributed by atoms with Gasteiger partial charge in [0.2, 0.25) is 0 Å². The Morgan fingerprint density at radius 3 is 2.26 bits per heavy atom. The number of nitrogen functional groups attached to an aromatic ring is 1. The van der Waals surface area contributed by atoms with Crippen LogP contribution in [0.4, 0.5) is 17.1 Å². The third-order valence-electron chi connectivity index (χ3n) is 3.13. The lowest BCUT2D eigenvalue weighted by atomic mass is 10.2. The molecule has 0 aliphatic rings. The summed E-state index contributed by atoms with van der Waals surface area (Å²) in [5, 5.41) is 11.2. The minimum Gasteiger partial charge on any atom is -0.393 e. The van der Waals surface area contributed by atoms with Gasteiger partial charge in [-0.05, 0) is 25.0 Å². The molecule has 0 saturated heterocycles. The molecule has 0 radical (unpaired) electrons. The quantitative estimate of drug-likeness (QED) is 0.443. The lowest BCUT2D eigenvalue weighted by Gasteiger charge is -2.24. The normalized spacial score (nSPS) is 10.4. The first-order valence-corrected chi connectivity index (χ1v) is 6.89. The fourth-order valence-corrected chi connectivity index (χ4v) is 2.05. The third-order valence-corrected chi connectivity index (χ3v) is 3.13. The van der Waals surface area contributed by atoms with Gasteiger partial charge in [0.25, 0.3) is 0 Å². The summed E-state index contributed by atoms with van der Waals surface area (Å²) in [5.41, 5.74) is 6.67. The predicted molar refractivity (Wildman–Crippen MR) is 79.5 cm³/mol. The molecule has 0 amide bonds. The first kappa shape index (κ1) is 15.3. The van der Waals surface area contributed by atoms with Gasteiger partial charge in [-0.25, -0.2) is 0 Å². The molecule has 0 spiro atoms. The summed E-state index contributed by atoms with van der Waals surface area (Å²) in [6.07, 6.45) is 4.18. The Kier molecular flexibility index (Phi) is 6.12. The number of rotatable bonds is 8. The molecule has 5 nitrogen and oxygen atoms in total. The predicted octanol–water partition coefficient (Wildman–Crippen LogP) is 3.58. The van der Waals surface area contributed by atoms with Crippen LogP contribution in [-0.4, -0.2) is 18.0 Å². The summed E-state index contributed by atoms with van der Waals surface area (Å²) >= 11 is 0. The van der Waals surface area contributed by atoms with Crippen molar-refractivity contribution >= 4 is 17.1 Å². The topological polar surface area (TPSA) is 72.4 Å². The zero-order chi connectivity index (χ0) is 14.3. The molecule has 0 fully saturated rings. The number of anilines is 2. The van der Waals surface area contributed by atoms with E-state index in [1.165, 1.54) is 0 Å². The molecule has 0 saturated carbocycles. The number of nitro benzene ring substituents is 1. The largest absolute Gasteiger partial charge is 0.393 e. The number of hydrogen-bond acceptors (Lipinski definition) is 4. The standard InChI is InChI=1S/C14H23N3O2/c1-3-5-10-16(11-6-4-2)13-9-7-8-12(15)14(13)17(18)19/h7-9H,3-6,10-11,15H2,1-2H3. The van der Waals surface area contributed by atoms with E-state index < -0.39 is 0 Å². The Morgan fingerprint density at radius 1 is 1.21 bits per heavy atom. The molecule has 1 aromatic carbocycles. The van der Waals surface area contributed by atoms with Gasteiger partial charge >= 0.3 is 5.69 Å². The molecule has 1 aromatic rings. The van der Waals surface area contributed by atoms with E-state index in [4.69, 9.17) is 5.73 Å². The summed E-state index contributed by atoms with van der Waals surface area (Å²) in [6.45, 7) is 5.90. The van der Waals surface area contributed by atoms with Gasteiger partial charge in [0.15, 0.2) is 0 Å². The lowest BCUT2D eigenvalue weighted by molar-refractivity contribution is -0.383. The number of para-hydroxylation sites is 1. The van der Waals surface area contributed by atoms with E-state index in [9.17, 15) is 10.1 Å². The molecule has 0 unspecified atom stereocenters. The smallest absolute Gasteiger partial charge is 0.315 e. The highest BCUT2D eigenvalue weighted by atomic mass is 16.6. The van der Waals surface area contributed by atoms with Crippen LogP contribution >= 0.6 is 0 Å². The molecule has 0 aliphatic carbocycles. The lowest BCUT2D eigenvalue weighted by Crippen LogP contribution is -2.26.